The third-order valence-corrected chi connectivity index (χ3v) is 4.14. The first-order valence-corrected chi connectivity index (χ1v) is 8.77. The number of aromatic nitrogens is 1. The van der Waals surface area contributed by atoms with Gasteiger partial charge in [-0.2, -0.15) is 0 Å². The molecule has 0 bridgehead atoms. The molecule has 0 aliphatic carbocycles. The van der Waals surface area contributed by atoms with Gasteiger partial charge in [-0.05, 0) is 24.3 Å². The molecule has 9 nitrogen and oxygen atoms in total. The molecule has 0 spiro atoms. The number of hydrogen-bond acceptors (Lipinski definition) is 7. The topological polar surface area (TPSA) is 109 Å². The highest BCUT2D eigenvalue weighted by atomic mass is 16.5. The summed E-state index contributed by atoms with van der Waals surface area (Å²) in [7, 11) is 3.00. The van der Waals surface area contributed by atoms with Crippen LogP contribution in [-0.2, 0) is 20.9 Å². The summed E-state index contributed by atoms with van der Waals surface area (Å²) in [6.45, 7) is -0.361. The van der Waals surface area contributed by atoms with Crippen molar-refractivity contribution in [2.75, 3.05) is 26.1 Å². The number of methoxy groups -OCH3 is 2. The molecular formula is C20H20N2O7. The predicted octanol–water partition coefficient (Wildman–Crippen LogP) is 2.18. The molecule has 3 rings (SSSR count). The van der Waals surface area contributed by atoms with Gasteiger partial charge in [0.1, 0.15) is 0 Å². The number of rotatable bonds is 8. The van der Waals surface area contributed by atoms with Crippen molar-refractivity contribution in [2.45, 2.75) is 13.0 Å². The summed E-state index contributed by atoms with van der Waals surface area (Å²) in [6.07, 6.45) is -0.0763. The van der Waals surface area contributed by atoms with Crippen LogP contribution in [0.25, 0.3) is 11.1 Å². The van der Waals surface area contributed by atoms with Gasteiger partial charge >= 0.3 is 11.7 Å². The van der Waals surface area contributed by atoms with Crippen LogP contribution in [0.5, 0.6) is 11.5 Å². The van der Waals surface area contributed by atoms with Crippen LogP contribution in [0.1, 0.15) is 6.42 Å². The van der Waals surface area contributed by atoms with Gasteiger partial charge in [-0.25, -0.2) is 4.79 Å². The lowest BCUT2D eigenvalue weighted by atomic mass is 10.2. The zero-order valence-electron chi connectivity index (χ0n) is 16.0. The lowest BCUT2D eigenvalue weighted by Gasteiger charge is -2.11. The Labute approximate surface area is 165 Å². The Morgan fingerprint density at radius 2 is 1.83 bits per heavy atom. The van der Waals surface area contributed by atoms with Crippen molar-refractivity contribution in [3.63, 3.8) is 0 Å². The van der Waals surface area contributed by atoms with Crippen molar-refractivity contribution in [3.05, 3.63) is 53.0 Å². The Balaban J connectivity index is 1.51. The maximum atomic E-state index is 12.0. The molecule has 1 heterocycles. The molecule has 0 radical (unpaired) electrons. The fraction of sp³-hybridized carbons (Fsp3) is 0.250. The molecule has 9 heteroatoms. The van der Waals surface area contributed by atoms with Crippen molar-refractivity contribution < 1.29 is 28.2 Å². The monoisotopic (exact) mass is 400 g/mol. The number of carbonyl (C=O) groups is 2. The molecule has 1 amide bonds. The minimum Gasteiger partial charge on any atom is -0.493 e. The number of oxazole rings is 1. The minimum atomic E-state index is -0.607. The molecule has 1 aromatic heterocycles. The van der Waals surface area contributed by atoms with Crippen molar-refractivity contribution in [2.24, 2.45) is 0 Å². The second-order valence-electron chi connectivity index (χ2n) is 6.02. The van der Waals surface area contributed by atoms with E-state index in [0.29, 0.717) is 28.3 Å². The second kappa shape index (κ2) is 8.96. The van der Waals surface area contributed by atoms with E-state index in [1.54, 1.807) is 42.5 Å². The van der Waals surface area contributed by atoms with Crippen molar-refractivity contribution in [3.8, 4) is 11.5 Å². The highest BCUT2D eigenvalue weighted by Crippen LogP contribution is 2.29. The second-order valence-corrected chi connectivity index (χ2v) is 6.02. The molecule has 0 saturated carbocycles. The number of nitrogens with one attached hydrogen (secondary N) is 1. The lowest BCUT2D eigenvalue weighted by molar-refractivity contribution is -0.147. The van der Waals surface area contributed by atoms with E-state index < -0.39 is 24.2 Å². The van der Waals surface area contributed by atoms with E-state index in [1.165, 1.54) is 18.8 Å². The summed E-state index contributed by atoms with van der Waals surface area (Å²) in [5.74, 6) is -0.676. The first kappa shape index (κ1) is 20.0. The zero-order valence-corrected chi connectivity index (χ0v) is 16.0. The summed E-state index contributed by atoms with van der Waals surface area (Å²) >= 11 is 0. The molecule has 0 fully saturated rings. The van der Waals surface area contributed by atoms with Gasteiger partial charge in [0.2, 0.25) is 0 Å². The summed E-state index contributed by atoms with van der Waals surface area (Å²) in [6, 6.07) is 11.8. The highest BCUT2D eigenvalue weighted by molar-refractivity contribution is 5.93. The van der Waals surface area contributed by atoms with Crippen LogP contribution in [0.3, 0.4) is 0 Å². The first-order valence-electron chi connectivity index (χ1n) is 8.77. The van der Waals surface area contributed by atoms with E-state index in [9.17, 15) is 14.4 Å². The summed E-state index contributed by atoms with van der Waals surface area (Å²) < 4.78 is 21.7. The van der Waals surface area contributed by atoms with Gasteiger partial charge in [-0.3, -0.25) is 14.2 Å². The van der Waals surface area contributed by atoms with E-state index in [4.69, 9.17) is 18.6 Å². The number of nitrogens with zero attached hydrogens (tertiary/aromatic N) is 1. The van der Waals surface area contributed by atoms with Gasteiger partial charge in [0.05, 0.1) is 26.2 Å². The average molecular weight is 400 g/mol. The van der Waals surface area contributed by atoms with Gasteiger partial charge in [0, 0.05) is 18.3 Å². The van der Waals surface area contributed by atoms with Crippen LogP contribution in [0.15, 0.2) is 51.7 Å². The third kappa shape index (κ3) is 4.75. The van der Waals surface area contributed by atoms with Crippen LogP contribution in [0, 0.1) is 0 Å². The van der Waals surface area contributed by atoms with Crippen LogP contribution < -0.4 is 20.5 Å². The zero-order chi connectivity index (χ0) is 20.8. The number of carbonyl (C=O) groups excluding carboxylic acids is 2. The number of fused-ring (bicyclic) bond motifs is 1. The van der Waals surface area contributed by atoms with E-state index in [2.05, 4.69) is 5.32 Å². The maximum absolute atomic E-state index is 12.0. The van der Waals surface area contributed by atoms with Gasteiger partial charge < -0.3 is 23.9 Å². The van der Waals surface area contributed by atoms with E-state index >= 15 is 0 Å². The molecule has 0 aliphatic rings. The molecule has 3 aromatic rings. The van der Waals surface area contributed by atoms with Crippen molar-refractivity contribution >= 4 is 28.7 Å². The Kier molecular flexibility index (Phi) is 6.18. The molecule has 0 aliphatic heterocycles. The summed E-state index contributed by atoms with van der Waals surface area (Å²) in [4.78, 5) is 35.8. The third-order valence-electron chi connectivity index (χ3n) is 4.14. The highest BCUT2D eigenvalue weighted by Gasteiger charge is 2.13. The molecule has 0 unspecified atom stereocenters. The Morgan fingerprint density at radius 1 is 1.07 bits per heavy atom. The molecule has 0 atom stereocenters. The van der Waals surface area contributed by atoms with Crippen LogP contribution in [-0.4, -0.2) is 37.3 Å². The SMILES string of the molecule is COc1ccc(NC(=O)COC(=O)CCn2c(=O)oc3ccccc32)cc1OC. The quantitative estimate of drug-likeness (QED) is 0.577. The van der Waals surface area contributed by atoms with E-state index in [0.717, 1.165) is 0 Å². The number of ether oxygens (including phenoxy) is 3. The van der Waals surface area contributed by atoms with Crippen molar-refractivity contribution in [1.29, 1.82) is 0 Å². The van der Waals surface area contributed by atoms with Gasteiger partial charge in [0.15, 0.2) is 23.7 Å². The number of benzene rings is 2. The normalized spacial score (nSPS) is 10.6. The Morgan fingerprint density at radius 3 is 2.59 bits per heavy atom. The smallest absolute Gasteiger partial charge is 0.419 e. The van der Waals surface area contributed by atoms with E-state index in [1.807, 2.05) is 0 Å². The molecule has 0 saturated heterocycles. The van der Waals surface area contributed by atoms with Gasteiger partial charge in [-0.1, -0.05) is 12.1 Å². The molecule has 2 aromatic carbocycles. The van der Waals surface area contributed by atoms with Crippen LogP contribution in [0.4, 0.5) is 5.69 Å². The average Bonchev–Trinajstić information content (AvgIpc) is 3.05. The number of para-hydroxylation sites is 2. The minimum absolute atomic E-state index is 0.0763. The largest absolute Gasteiger partial charge is 0.493 e. The number of hydrogen-bond donors (Lipinski definition) is 1. The number of aryl methyl sites for hydroxylation is 1. The summed E-state index contributed by atoms with van der Waals surface area (Å²) in [5, 5.41) is 2.60. The maximum Gasteiger partial charge on any atom is 0.419 e. The fourth-order valence-corrected chi connectivity index (χ4v) is 2.76. The summed E-state index contributed by atoms with van der Waals surface area (Å²) in [5.41, 5.74) is 1.51. The fourth-order valence-electron chi connectivity index (χ4n) is 2.76. The van der Waals surface area contributed by atoms with Crippen LogP contribution in [0.2, 0.25) is 0 Å². The Bertz CT molecular complexity index is 1080. The standard InChI is InChI=1S/C20H20N2O7/c1-26-16-8-7-13(11-17(16)27-2)21-18(23)12-28-19(24)9-10-22-14-5-3-4-6-15(14)29-20(22)25/h3-8,11H,9-10,12H2,1-2H3,(H,21,23). The number of esters is 1. The number of amides is 1. The van der Waals surface area contributed by atoms with Gasteiger partial charge in [-0.15, -0.1) is 0 Å². The molecule has 29 heavy (non-hydrogen) atoms. The van der Waals surface area contributed by atoms with Crippen LogP contribution >= 0.6 is 0 Å². The number of anilines is 1. The lowest BCUT2D eigenvalue weighted by Crippen LogP contribution is -2.22. The molecule has 1 N–H and O–H groups in total. The molecular weight excluding hydrogens is 380 g/mol. The van der Waals surface area contributed by atoms with E-state index in [-0.39, 0.29) is 13.0 Å². The Hall–Kier alpha value is -3.75. The van der Waals surface area contributed by atoms with Crippen molar-refractivity contribution in [1.82, 2.24) is 4.57 Å². The van der Waals surface area contributed by atoms with Gasteiger partial charge in [0.25, 0.3) is 5.91 Å². The predicted molar refractivity (Wildman–Crippen MR) is 104 cm³/mol. The first-order chi connectivity index (χ1) is 14.0. The molecule has 152 valence electrons.